The van der Waals surface area contributed by atoms with E-state index in [1.165, 1.54) is 0 Å². The zero-order valence-electron chi connectivity index (χ0n) is 14.7. The topological polar surface area (TPSA) is 41.6 Å². The molecule has 4 nitrogen and oxygen atoms in total. The van der Waals surface area contributed by atoms with E-state index in [1.54, 1.807) is 0 Å². The summed E-state index contributed by atoms with van der Waals surface area (Å²) in [5.41, 5.74) is 1.86. The third-order valence-corrected chi connectivity index (χ3v) is 4.86. The number of rotatable bonds is 7. The molecule has 1 amide bonds. The first kappa shape index (κ1) is 18.0. The zero-order valence-corrected chi connectivity index (χ0v) is 14.7. The van der Waals surface area contributed by atoms with Crippen molar-refractivity contribution in [2.75, 3.05) is 32.8 Å². The van der Waals surface area contributed by atoms with Crippen molar-refractivity contribution in [3.05, 3.63) is 35.4 Å². The van der Waals surface area contributed by atoms with Crippen LogP contribution in [0.2, 0.25) is 0 Å². The molecule has 2 rings (SSSR count). The van der Waals surface area contributed by atoms with Gasteiger partial charge < -0.3 is 10.1 Å². The van der Waals surface area contributed by atoms with Gasteiger partial charge in [-0.25, -0.2) is 0 Å². The minimum atomic E-state index is 0.0258. The predicted octanol–water partition coefficient (Wildman–Crippen LogP) is 2.86. The highest BCUT2D eigenvalue weighted by molar-refractivity contribution is 5.94. The quantitative estimate of drug-likeness (QED) is 0.840. The van der Waals surface area contributed by atoms with Crippen molar-refractivity contribution in [2.24, 2.45) is 5.92 Å². The molecule has 0 spiro atoms. The van der Waals surface area contributed by atoms with Crippen LogP contribution in [0.3, 0.4) is 0 Å². The molecule has 0 saturated carbocycles. The van der Waals surface area contributed by atoms with Crippen LogP contribution >= 0.6 is 0 Å². The number of aryl methyl sites for hydroxylation is 1. The molecule has 1 aromatic rings. The van der Waals surface area contributed by atoms with Gasteiger partial charge in [0.1, 0.15) is 0 Å². The Balaban J connectivity index is 2.00. The molecule has 0 bridgehead atoms. The Morgan fingerprint density at radius 3 is 2.57 bits per heavy atom. The van der Waals surface area contributed by atoms with Gasteiger partial charge in [0.15, 0.2) is 0 Å². The Morgan fingerprint density at radius 1 is 1.26 bits per heavy atom. The average molecular weight is 318 g/mol. The summed E-state index contributed by atoms with van der Waals surface area (Å²) in [6.45, 7) is 10.7. The van der Waals surface area contributed by atoms with Crippen molar-refractivity contribution in [1.29, 1.82) is 0 Å². The fraction of sp³-hybridized carbons (Fsp3) is 0.632. The summed E-state index contributed by atoms with van der Waals surface area (Å²) in [5, 5.41) is 3.15. The molecule has 4 heteroatoms. The number of morpholine rings is 1. The standard InChI is InChI=1S/C19H30N2O2/c1-4-16(5-2)18(21-9-11-23-12-10-21)14-20-19(22)17-8-6-7-15(3)13-17/h6-8,13,16,18H,4-5,9-12,14H2,1-3H3,(H,20,22). The van der Waals surface area contributed by atoms with Crippen LogP contribution in [0.1, 0.15) is 42.6 Å². The molecule has 0 radical (unpaired) electrons. The van der Waals surface area contributed by atoms with Crippen LogP contribution in [0.4, 0.5) is 0 Å². The maximum Gasteiger partial charge on any atom is 0.251 e. The van der Waals surface area contributed by atoms with Crippen LogP contribution < -0.4 is 5.32 Å². The van der Waals surface area contributed by atoms with Gasteiger partial charge in [0.05, 0.1) is 13.2 Å². The Bertz CT molecular complexity index is 494. The third-order valence-electron chi connectivity index (χ3n) is 4.86. The van der Waals surface area contributed by atoms with Gasteiger partial charge in [-0.15, -0.1) is 0 Å². The number of hydrogen-bond acceptors (Lipinski definition) is 3. The molecule has 1 saturated heterocycles. The number of benzene rings is 1. The minimum absolute atomic E-state index is 0.0258. The minimum Gasteiger partial charge on any atom is -0.379 e. The summed E-state index contributed by atoms with van der Waals surface area (Å²) < 4.78 is 5.48. The Kier molecular flexibility index (Phi) is 7.06. The summed E-state index contributed by atoms with van der Waals surface area (Å²) >= 11 is 0. The third kappa shape index (κ3) is 5.05. The molecule has 1 N–H and O–H groups in total. The van der Waals surface area contributed by atoms with E-state index in [0.29, 0.717) is 18.5 Å². The first-order chi connectivity index (χ1) is 11.2. The van der Waals surface area contributed by atoms with E-state index in [4.69, 9.17) is 4.74 Å². The van der Waals surface area contributed by atoms with E-state index in [2.05, 4.69) is 24.1 Å². The lowest BCUT2D eigenvalue weighted by atomic mass is 9.92. The largest absolute Gasteiger partial charge is 0.379 e. The number of ether oxygens (including phenoxy) is 1. The maximum absolute atomic E-state index is 12.4. The summed E-state index contributed by atoms with van der Waals surface area (Å²) in [7, 11) is 0. The molecule has 1 aliphatic rings. The van der Waals surface area contributed by atoms with E-state index in [-0.39, 0.29) is 5.91 Å². The van der Waals surface area contributed by atoms with Crippen molar-refractivity contribution < 1.29 is 9.53 Å². The first-order valence-corrected chi connectivity index (χ1v) is 8.82. The normalized spacial score (nSPS) is 17.2. The second kappa shape index (κ2) is 9.04. The van der Waals surface area contributed by atoms with Gasteiger partial charge >= 0.3 is 0 Å². The van der Waals surface area contributed by atoms with Crippen LogP contribution in [0.15, 0.2) is 24.3 Å². The SMILES string of the molecule is CCC(CC)C(CNC(=O)c1cccc(C)c1)N1CCOCC1. The van der Waals surface area contributed by atoms with Crippen molar-refractivity contribution >= 4 is 5.91 Å². The zero-order chi connectivity index (χ0) is 16.7. The highest BCUT2D eigenvalue weighted by atomic mass is 16.5. The Labute approximate surface area is 140 Å². The van der Waals surface area contributed by atoms with Gasteiger partial charge in [-0.1, -0.05) is 44.4 Å². The van der Waals surface area contributed by atoms with Crippen molar-refractivity contribution in [1.82, 2.24) is 10.2 Å². The molecule has 1 fully saturated rings. The molecular formula is C19H30N2O2. The molecule has 1 aliphatic heterocycles. The van der Waals surface area contributed by atoms with Crippen LogP contribution in [0.5, 0.6) is 0 Å². The molecule has 1 aromatic carbocycles. The van der Waals surface area contributed by atoms with Crippen molar-refractivity contribution in [2.45, 2.75) is 39.7 Å². The summed E-state index contributed by atoms with van der Waals surface area (Å²) in [6, 6.07) is 8.16. The van der Waals surface area contributed by atoms with Gasteiger partial charge in [0.2, 0.25) is 0 Å². The highest BCUT2D eigenvalue weighted by Crippen LogP contribution is 2.19. The second-order valence-corrected chi connectivity index (χ2v) is 6.37. The molecule has 1 heterocycles. The number of nitrogens with one attached hydrogen (secondary N) is 1. The van der Waals surface area contributed by atoms with E-state index < -0.39 is 0 Å². The van der Waals surface area contributed by atoms with Gasteiger partial charge in [-0.05, 0) is 25.0 Å². The number of nitrogens with zero attached hydrogens (tertiary/aromatic N) is 1. The second-order valence-electron chi connectivity index (χ2n) is 6.37. The van der Waals surface area contributed by atoms with E-state index >= 15 is 0 Å². The smallest absolute Gasteiger partial charge is 0.251 e. The van der Waals surface area contributed by atoms with Crippen molar-refractivity contribution in [3.63, 3.8) is 0 Å². The van der Waals surface area contributed by atoms with Crippen molar-refractivity contribution in [3.8, 4) is 0 Å². The summed E-state index contributed by atoms with van der Waals surface area (Å²) in [5.74, 6) is 0.629. The van der Waals surface area contributed by atoms with E-state index in [0.717, 1.165) is 50.3 Å². The average Bonchev–Trinajstić information content (AvgIpc) is 2.59. The van der Waals surface area contributed by atoms with Gasteiger partial charge in [0, 0.05) is 31.2 Å². The van der Waals surface area contributed by atoms with Gasteiger partial charge in [-0.2, -0.15) is 0 Å². The number of carbonyl (C=O) groups is 1. The molecule has 0 aliphatic carbocycles. The van der Waals surface area contributed by atoms with Crippen LogP contribution in [0, 0.1) is 12.8 Å². The fourth-order valence-electron chi connectivity index (χ4n) is 3.42. The summed E-state index contributed by atoms with van der Waals surface area (Å²) in [6.07, 6.45) is 2.28. The van der Waals surface area contributed by atoms with E-state index in [1.807, 2.05) is 31.2 Å². The molecule has 23 heavy (non-hydrogen) atoms. The lowest BCUT2D eigenvalue weighted by Crippen LogP contribution is -2.52. The molecule has 1 atom stereocenters. The number of hydrogen-bond donors (Lipinski definition) is 1. The molecule has 128 valence electrons. The van der Waals surface area contributed by atoms with E-state index in [9.17, 15) is 4.79 Å². The molecular weight excluding hydrogens is 288 g/mol. The van der Waals surface area contributed by atoms with Crippen LogP contribution in [-0.2, 0) is 4.74 Å². The van der Waals surface area contributed by atoms with Crippen LogP contribution in [0.25, 0.3) is 0 Å². The maximum atomic E-state index is 12.4. The predicted molar refractivity (Wildman–Crippen MR) is 93.8 cm³/mol. The monoisotopic (exact) mass is 318 g/mol. The number of carbonyl (C=O) groups excluding carboxylic acids is 1. The van der Waals surface area contributed by atoms with Crippen LogP contribution in [-0.4, -0.2) is 49.7 Å². The summed E-state index contributed by atoms with van der Waals surface area (Å²) in [4.78, 5) is 14.9. The fourth-order valence-corrected chi connectivity index (χ4v) is 3.42. The lowest BCUT2D eigenvalue weighted by Gasteiger charge is -2.38. The molecule has 1 unspecified atom stereocenters. The van der Waals surface area contributed by atoms with Gasteiger partial charge in [-0.3, -0.25) is 9.69 Å². The number of amides is 1. The Morgan fingerprint density at radius 2 is 1.96 bits per heavy atom. The van der Waals surface area contributed by atoms with Gasteiger partial charge in [0.25, 0.3) is 5.91 Å². The lowest BCUT2D eigenvalue weighted by molar-refractivity contribution is 0.00191. The molecule has 0 aromatic heterocycles. The highest BCUT2D eigenvalue weighted by Gasteiger charge is 2.27. The Hall–Kier alpha value is -1.39. The first-order valence-electron chi connectivity index (χ1n) is 8.82.